The smallest absolute Gasteiger partial charge is 0.280 e. The summed E-state index contributed by atoms with van der Waals surface area (Å²) in [7, 11) is 1.76. The zero-order chi connectivity index (χ0) is 43.3. The molecule has 15 nitrogen and oxygen atoms in total. The van der Waals surface area contributed by atoms with E-state index in [0.29, 0.717) is 66.0 Å². The second kappa shape index (κ2) is 19.0. The minimum Gasteiger partial charge on any atom is -0.479 e. The van der Waals surface area contributed by atoms with Gasteiger partial charge in [0.05, 0.1) is 29.2 Å². The van der Waals surface area contributed by atoms with Crippen LogP contribution in [0.5, 0.6) is 0 Å². The van der Waals surface area contributed by atoms with E-state index in [1.807, 2.05) is 19.1 Å². The first-order chi connectivity index (χ1) is 30.1. The number of ether oxygens (including phenoxy) is 1. The summed E-state index contributed by atoms with van der Waals surface area (Å²) >= 11 is 0. The molecule has 2 bridgehead atoms. The molecule has 0 radical (unpaired) electrons. The quantitative estimate of drug-likeness (QED) is 0.115. The number of nitrogens with zero attached hydrogens (tertiary/aromatic N) is 6. The molecule has 4 N–H and O–H groups in total. The van der Waals surface area contributed by atoms with E-state index in [0.717, 1.165) is 94.7 Å². The lowest BCUT2D eigenvalue weighted by atomic mass is 9.98. The number of fused-ring (bicyclic) bond motifs is 6. The molecule has 62 heavy (non-hydrogen) atoms. The van der Waals surface area contributed by atoms with E-state index in [2.05, 4.69) is 71.8 Å². The first-order valence-electron chi connectivity index (χ1n) is 22.1. The lowest BCUT2D eigenvalue weighted by Crippen LogP contribution is -2.52. The number of piperidine rings is 1. The van der Waals surface area contributed by atoms with Gasteiger partial charge in [-0.05, 0) is 105 Å². The van der Waals surface area contributed by atoms with Gasteiger partial charge in [-0.3, -0.25) is 34.4 Å². The number of aromatic nitrogens is 1. The van der Waals surface area contributed by atoms with Crippen LogP contribution in [0, 0.1) is 18.3 Å². The number of aliphatic imine (C=N–C) groups is 1. The second-order valence-corrected chi connectivity index (χ2v) is 17.2. The number of guanidine groups is 1. The molecule has 4 amide bonds. The Morgan fingerprint density at radius 1 is 0.968 bits per heavy atom. The van der Waals surface area contributed by atoms with Gasteiger partial charge < -0.3 is 35.5 Å². The average molecular weight is 843 g/mol. The first-order valence-corrected chi connectivity index (χ1v) is 22.1. The molecule has 1 aromatic heterocycles. The van der Waals surface area contributed by atoms with Crippen LogP contribution in [-0.4, -0.2) is 114 Å². The van der Waals surface area contributed by atoms with Crippen molar-refractivity contribution in [2.45, 2.75) is 84.3 Å². The topological polar surface area (TPSA) is 176 Å². The van der Waals surface area contributed by atoms with Crippen molar-refractivity contribution in [2.75, 3.05) is 63.1 Å². The minimum atomic E-state index is -0.594. The van der Waals surface area contributed by atoms with Gasteiger partial charge in [-0.2, -0.15) is 4.99 Å². The molecule has 15 heteroatoms. The number of piperazine rings is 1. The Morgan fingerprint density at radius 3 is 2.58 bits per heavy atom. The molecule has 5 aliphatic rings. The van der Waals surface area contributed by atoms with Crippen LogP contribution in [0.4, 0.5) is 11.4 Å². The highest BCUT2D eigenvalue weighted by molar-refractivity contribution is 6.19. The Balaban J connectivity index is 0.843. The van der Waals surface area contributed by atoms with Crippen LogP contribution in [0.25, 0.3) is 5.57 Å². The monoisotopic (exact) mass is 842 g/mol. The van der Waals surface area contributed by atoms with E-state index in [9.17, 15) is 19.2 Å². The summed E-state index contributed by atoms with van der Waals surface area (Å²) < 4.78 is 6.11. The number of rotatable bonds is 11. The lowest BCUT2D eigenvalue weighted by Gasteiger charge is -2.35. The van der Waals surface area contributed by atoms with Crippen LogP contribution in [-0.2, 0) is 33.8 Å². The second-order valence-electron chi connectivity index (χ2n) is 17.2. The fourth-order valence-electron chi connectivity index (χ4n) is 9.36. The van der Waals surface area contributed by atoms with Gasteiger partial charge >= 0.3 is 0 Å². The molecule has 0 aliphatic carbocycles. The van der Waals surface area contributed by atoms with Crippen molar-refractivity contribution >= 4 is 52.8 Å². The largest absolute Gasteiger partial charge is 0.479 e. The summed E-state index contributed by atoms with van der Waals surface area (Å²) in [6.45, 7) is 11.6. The van der Waals surface area contributed by atoms with Crippen LogP contribution in [0.15, 0.2) is 59.4 Å². The molecule has 0 saturated carbocycles. The summed E-state index contributed by atoms with van der Waals surface area (Å²) in [6, 6.07) is 15.2. The van der Waals surface area contributed by atoms with E-state index in [4.69, 9.17) is 10.1 Å². The molecular weight excluding hydrogens is 785 g/mol. The molecule has 1 unspecified atom stereocenters. The Labute approximate surface area is 363 Å². The number of carbonyl (C=O) groups excluding carboxylic acids is 4. The van der Waals surface area contributed by atoms with Gasteiger partial charge in [0.2, 0.25) is 17.8 Å². The molecule has 2 saturated heterocycles. The van der Waals surface area contributed by atoms with E-state index in [1.165, 1.54) is 17.3 Å². The minimum absolute atomic E-state index is 0.118. The van der Waals surface area contributed by atoms with Gasteiger partial charge in [-0.1, -0.05) is 31.5 Å². The van der Waals surface area contributed by atoms with E-state index in [-0.39, 0.29) is 36.0 Å². The summed E-state index contributed by atoms with van der Waals surface area (Å²) in [5, 5.41) is 17.0. The molecule has 2 aromatic carbocycles. The third kappa shape index (κ3) is 9.43. The standard InChI is InChI=1S/C47H58N10O5/c1-30-9-8-22-62-45(49-3)36(26-48)39-25-34(23-31(2)50-39)43(59)53-47-51-38-14-13-32(24-41(38)57(47)27-30)28-55-20-18-54(19-21-55)17-6-4-5-10-33-11-7-12-35-37(33)29-56(46(35)61)40-15-16-42(58)52-44(40)60/h7,11-14,23-26,30,40,48-49H,4-6,8-10,15-22,27-29H2,1-3H3,(H,51,53,59)(H,52,58,60)/b45-36-,48-26?/t30-,40?/m1/s1. The maximum Gasteiger partial charge on any atom is 0.280 e. The first kappa shape index (κ1) is 42.7. The zero-order valence-corrected chi connectivity index (χ0v) is 36.1. The Hall–Kier alpha value is -5.93. The predicted octanol–water partition coefficient (Wildman–Crippen LogP) is 5.09. The molecule has 6 heterocycles. The van der Waals surface area contributed by atoms with Crippen LogP contribution in [0.3, 0.4) is 0 Å². The Bertz CT molecular complexity index is 2300. The zero-order valence-electron chi connectivity index (χ0n) is 36.1. The van der Waals surface area contributed by atoms with Crippen LogP contribution in [0.1, 0.15) is 101 Å². The van der Waals surface area contributed by atoms with E-state index >= 15 is 0 Å². The predicted molar refractivity (Wildman–Crippen MR) is 239 cm³/mol. The van der Waals surface area contributed by atoms with Crippen molar-refractivity contribution in [3.63, 3.8) is 0 Å². The summed E-state index contributed by atoms with van der Waals surface area (Å²) in [4.78, 5) is 69.3. The highest BCUT2D eigenvalue weighted by Gasteiger charge is 2.39. The molecule has 3 aromatic rings. The average Bonchev–Trinajstić information content (AvgIpc) is 3.77. The maximum absolute atomic E-state index is 13.8. The van der Waals surface area contributed by atoms with Crippen LogP contribution in [0.2, 0.25) is 0 Å². The summed E-state index contributed by atoms with van der Waals surface area (Å²) in [5.41, 5.74) is 8.06. The molecule has 326 valence electrons. The van der Waals surface area contributed by atoms with Crippen LogP contribution >= 0.6 is 0 Å². The Morgan fingerprint density at radius 2 is 1.79 bits per heavy atom. The Kier molecular flexibility index (Phi) is 13.1. The van der Waals surface area contributed by atoms with Gasteiger partial charge in [0.25, 0.3) is 11.8 Å². The third-order valence-corrected chi connectivity index (χ3v) is 12.7. The van der Waals surface area contributed by atoms with Gasteiger partial charge in [0.15, 0.2) is 5.88 Å². The molecule has 2 atom stereocenters. The number of hydrogen-bond donors (Lipinski definition) is 4. The molecule has 2 fully saturated rings. The number of anilines is 2. The molecular formula is C47H58N10O5. The third-order valence-electron chi connectivity index (χ3n) is 12.7. The normalized spacial score (nSPS) is 23.2. The fourth-order valence-corrected chi connectivity index (χ4v) is 9.36. The van der Waals surface area contributed by atoms with Gasteiger partial charge in [-0.15, -0.1) is 0 Å². The summed E-state index contributed by atoms with van der Waals surface area (Å²) in [6.07, 6.45) is 7.70. The fraction of sp³-hybridized carbons (Fsp3) is 0.468. The number of carbonyl (C=O) groups is 4. The van der Waals surface area contributed by atoms with Crippen molar-refractivity contribution in [2.24, 2.45) is 10.9 Å². The highest BCUT2D eigenvalue weighted by Crippen LogP contribution is 2.36. The number of amides is 4. The van der Waals surface area contributed by atoms with Crippen molar-refractivity contribution in [1.29, 1.82) is 5.41 Å². The van der Waals surface area contributed by atoms with E-state index < -0.39 is 6.04 Å². The lowest BCUT2D eigenvalue weighted by molar-refractivity contribution is -0.136. The van der Waals surface area contributed by atoms with Crippen molar-refractivity contribution in [1.82, 2.24) is 30.3 Å². The van der Waals surface area contributed by atoms with Crippen molar-refractivity contribution in [3.05, 3.63) is 93.6 Å². The highest BCUT2D eigenvalue weighted by atomic mass is 16.5. The van der Waals surface area contributed by atoms with Gasteiger partial charge in [0.1, 0.15) is 6.04 Å². The maximum atomic E-state index is 13.8. The van der Waals surface area contributed by atoms with Crippen molar-refractivity contribution < 1.29 is 23.9 Å². The number of hydrogen-bond acceptors (Lipinski definition) is 12. The molecule has 8 rings (SSSR count). The van der Waals surface area contributed by atoms with Gasteiger partial charge in [0, 0.05) is 82.3 Å². The summed E-state index contributed by atoms with van der Waals surface area (Å²) in [5.74, 6) is 0.105. The molecule has 0 spiro atoms. The number of pyridine rings is 1. The number of allylic oxidation sites excluding steroid dienone is 1. The number of benzene rings is 2. The number of unbranched alkanes of at least 4 members (excludes halogenated alkanes) is 2. The number of nitrogens with one attached hydrogen (secondary N) is 4. The van der Waals surface area contributed by atoms with Gasteiger partial charge in [-0.25, -0.2) is 0 Å². The van der Waals surface area contributed by atoms with E-state index in [1.54, 1.807) is 24.1 Å². The van der Waals surface area contributed by atoms with Crippen LogP contribution < -0.4 is 20.9 Å². The number of imide groups is 1. The number of aryl methyl sites for hydroxylation is 2. The molecule has 5 aliphatic heterocycles. The SMILES string of the molecule is CN/C1=C(\C=N)c2cc(cc(C)n2)C(=O)/N=C2\Nc3ccc(CN4CCN(CCCCCc5cccc6c5CN(C5CCC(=O)NC5=O)C6=O)CC4)cc3N2C[C@H](C)CCCO1. The van der Waals surface area contributed by atoms with Crippen molar-refractivity contribution in [3.8, 4) is 0 Å².